The molecule has 20 heavy (non-hydrogen) atoms. The van der Waals surface area contributed by atoms with Crippen LogP contribution in [0.2, 0.25) is 5.82 Å². The van der Waals surface area contributed by atoms with Crippen LogP contribution in [0.25, 0.3) is 0 Å². The second-order valence-corrected chi connectivity index (χ2v) is 6.75. The molecule has 0 radical (unpaired) electrons. The number of nitrogens with two attached hydrogens (primary N) is 1. The van der Waals surface area contributed by atoms with E-state index in [9.17, 15) is 0 Å². The van der Waals surface area contributed by atoms with Crippen LogP contribution in [-0.4, -0.2) is 6.71 Å². The fourth-order valence-electron chi connectivity index (χ4n) is 3.66. The molecule has 1 aromatic heterocycles. The second-order valence-electron chi connectivity index (χ2n) is 6.75. The third kappa shape index (κ3) is 1.59. The summed E-state index contributed by atoms with van der Waals surface area (Å²) in [6.07, 6.45) is 0. The summed E-state index contributed by atoms with van der Waals surface area (Å²) in [4.78, 5) is 0. The van der Waals surface area contributed by atoms with E-state index in [0.717, 1.165) is 17.2 Å². The van der Waals surface area contributed by atoms with Gasteiger partial charge < -0.3 is 10.2 Å². The van der Waals surface area contributed by atoms with E-state index in [1.807, 2.05) is 6.92 Å². The Kier molecular flexibility index (Phi) is 2.79. The van der Waals surface area contributed by atoms with Crippen molar-refractivity contribution in [2.24, 2.45) is 0 Å². The minimum Gasteiger partial charge on any atom is -0.464 e. The lowest BCUT2D eigenvalue weighted by atomic mass is 9.30. The van der Waals surface area contributed by atoms with Crippen LogP contribution in [0.4, 0.5) is 5.69 Å². The summed E-state index contributed by atoms with van der Waals surface area (Å²) in [5, 5.41) is 0. The topological polar surface area (TPSA) is 39.2 Å². The van der Waals surface area contributed by atoms with Gasteiger partial charge in [-0.15, -0.1) is 0 Å². The van der Waals surface area contributed by atoms with Crippen LogP contribution < -0.4 is 16.7 Å². The average molecular weight is 267 g/mol. The van der Waals surface area contributed by atoms with Crippen LogP contribution in [0.3, 0.4) is 0 Å². The zero-order valence-corrected chi connectivity index (χ0v) is 12.9. The summed E-state index contributed by atoms with van der Waals surface area (Å²) >= 11 is 0. The van der Waals surface area contributed by atoms with Crippen LogP contribution in [0.15, 0.2) is 28.7 Å². The molecule has 2 heterocycles. The highest BCUT2D eigenvalue weighted by molar-refractivity contribution is 6.88. The first-order chi connectivity index (χ1) is 9.35. The summed E-state index contributed by atoms with van der Waals surface area (Å²) in [5.41, 5.74) is 11.0. The summed E-state index contributed by atoms with van der Waals surface area (Å²) < 4.78 is 6.06. The van der Waals surface area contributed by atoms with Gasteiger partial charge in [-0.3, -0.25) is 0 Å². The van der Waals surface area contributed by atoms with Gasteiger partial charge in [0.25, 0.3) is 0 Å². The van der Waals surface area contributed by atoms with Crippen molar-refractivity contribution >= 4 is 23.3 Å². The van der Waals surface area contributed by atoms with E-state index < -0.39 is 0 Å². The Morgan fingerprint density at radius 3 is 2.50 bits per heavy atom. The van der Waals surface area contributed by atoms with Gasteiger partial charge in [-0.2, -0.15) is 0 Å². The van der Waals surface area contributed by atoms with Gasteiger partial charge in [0.15, 0.2) is 0 Å². The van der Waals surface area contributed by atoms with E-state index >= 15 is 0 Å². The molecular weight excluding hydrogens is 245 g/mol. The minimum atomic E-state index is -0.125. The normalized spacial score (nSPS) is 16.2. The van der Waals surface area contributed by atoms with Gasteiger partial charge in [0.1, 0.15) is 11.5 Å². The quantitative estimate of drug-likeness (QED) is 0.807. The molecule has 2 aromatic rings. The Bertz CT molecular complexity index is 670. The van der Waals surface area contributed by atoms with Crippen molar-refractivity contribution in [3.05, 3.63) is 41.3 Å². The Balaban J connectivity index is 2.38. The predicted octanol–water partition coefficient (Wildman–Crippen LogP) is 2.83. The molecule has 0 saturated heterocycles. The fourth-order valence-corrected chi connectivity index (χ4v) is 3.66. The smallest absolute Gasteiger partial charge is 0.219 e. The second kappa shape index (κ2) is 4.18. The minimum absolute atomic E-state index is 0.125. The number of benzene rings is 1. The monoisotopic (exact) mass is 267 g/mol. The molecule has 0 aliphatic carbocycles. The maximum atomic E-state index is 6.34. The maximum absolute atomic E-state index is 6.34. The number of hydrogen-bond donors (Lipinski definition) is 1. The van der Waals surface area contributed by atoms with E-state index in [0.29, 0.717) is 12.5 Å². The number of hydrogen-bond acceptors (Lipinski definition) is 2. The molecule has 2 nitrogen and oxygen atoms in total. The van der Waals surface area contributed by atoms with Gasteiger partial charge in [-0.25, -0.2) is 0 Å². The number of rotatable bonds is 1. The molecule has 2 N–H and O–H groups in total. The molecule has 0 amide bonds. The van der Waals surface area contributed by atoms with Crippen molar-refractivity contribution in [3.8, 4) is 0 Å². The summed E-state index contributed by atoms with van der Waals surface area (Å²) in [6.45, 7) is 11.3. The van der Waals surface area contributed by atoms with Gasteiger partial charge in [0.05, 0.1) is 5.69 Å². The molecule has 0 spiro atoms. The third-order valence-electron chi connectivity index (χ3n) is 4.68. The maximum Gasteiger partial charge on any atom is 0.219 e. The first-order valence-corrected chi connectivity index (χ1v) is 7.34. The van der Waals surface area contributed by atoms with Crippen molar-refractivity contribution in [1.29, 1.82) is 0 Å². The van der Waals surface area contributed by atoms with Crippen LogP contribution in [0.1, 0.15) is 44.8 Å². The van der Waals surface area contributed by atoms with E-state index in [-0.39, 0.29) is 5.41 Å². The molecule has 3 rings (SSSR count). The molecule has 1 aliphatic heterocycles. The van der Waals surface area contributed by atoms with Gasteiger partial charge in [0.2, 0.25) is 6.71 Å². The number of anilines is 1. The Morgan fingerprint density at radius 1 is 1.20 bits per heavy atom. The molecule has 3 heteroatoms. The number of fused-ring (bicyclic) bond motifs is 2. The lowest BCUT2D eigenvalue weighted by Gasteiger charge is -2.36. The fraction of sp³-hybridized carbons (Fsp3) is 0.412. The van der Waals surface area contributed by atoms with Crippen LogP contribution in [0, 0.1) is 6.92 Å². The first kappa shape index (κ1) is 13.4. The highest BCUT2D eigenvalue weighted by Crippen LogP contribution is 2.37. The molecule has 1 aromatic carbocycles. The van der Waals surface area contributed by atoms with E-state index in [1.54, 1.807) is 0 Å². The zero-order chi connectivity index (χ0) is 14.7. The molecule has 0 atom stereocenters. The zero-order valence-electron chi connectivity index (χ0n) is 12.9. The number of nitrogen functional groups attached to an aromatic ring is 1. The summed E-state index contributed by atoms with van der Waals surface area (Å²) in [7, 11) is 0. The SMILES string of the molecule is Cc1oc2c(c1N)B(C(C)C)c1ccccc1C2(C)C. The average Bonchev–Trinajstić information content (AvgIpc) is 2.68. The largest absolute Gasteiger partial charge is 0.464 e. The Labute approximate surface area is 121 Å². The van der Waals surface area contributed by atoms with Crippen molar-refractivity contribution < 1.29 is 4.42 Å². The third-order valence-corrected chi connectivity index (χ3v) is 4.68. The van der Waals surface area contributed by atoms with Crippen LogP contribution >= 0.6 is 0 Å². The van der Waals surface area contributed by atoms with Crippen molar-refractivity contribution in [3.63, 3.8) is 0 Å². The standard InChI is InChI=1S/C17H22BNO/c1-10(2)18-13-9-7-6-8-12(13)17(4,5)16-14(18)15(19)11(3)20-16/h6-10H,19H2,1-5H3. The number of aryl methyl sites for hydroxylation is 1. The van der Waals surface area contributed by atoms with Crippen LogP contribution in [0.5, 0.6) is 0 Å². The van der Waals surface area contributed by atoms with E-state index in [2.05, 4.69) is 52.0 Å². The summed E-state index contributed by atoms with van der Waals surface area (Å²) in [5.74, 6) is 2.39. The lowest BCUT2D eigenvalue weighted by molar-refractivity contribution is 0.416. The molecular formula is C17H22BNO. The Hall–Kier alpha value is -1.64. The van der Waals surface area contributed by atoms with Crippen LogP contribution in [-0.2, 0) is 5.41 Å². The number of furan rings is 1. The summed E-state index contributed by atoms with van der Waals surface area (Å²) in [6, 6.07) is 8.70. The van der Waals surface area contributed by atoms with Gasteiger partial charge in [-0.05, 0) is 31.8 Å². The van der Waals surface area contributed by atoms with Gasteiger partial charge in [-0.1, -0.05) is 49.4 Å². The molecule has 1 aliphatic rings. The molecule has 0 fully saturated rings. The van der Waals surface area contributed by atoms with Crippen molar-refractivity contribution in [1.82, 2.24) is 0 Å². The predicted molar refractivity (Wildman–Crippen MR) is 86.5 cm³/mol. The molecule has 0 bridgehead atoms. The molecule has 104 valence electrons. The van der Waals surface area contributed by atoms with Gasteiger partial charge in [0, 0.05) is 5.41 Å². The molecule has 0 saturated carbocycles. The molecule has 0 unspecified atom stereocenters. The van der Waals surface area contributed by atoms with Crippen molar-refractivity contribution in [2.45, 2.75) is 45.9 Å². The highest BCUT2D eigenvalue weighted by Gasteiger charge is 2.44. The van der Waals surface area contributed by atoms with E-state index in [1.165, 1.54) is 16.5 Å². The first-order valence-electron chi connectivity index (χ1n) is 7.34. The Morgan fingerprint density at radius 2 is 1.85 bits per heavy atom. The van der Waals surface area contributed by atoms with Gasteiger partial charge >= 0.3 is 0 Å². The lowest BCUT2D eigenvalue weighted by Crippen LogP contribution is -2.55. The highest BCUT2D eigenvalue weighted by atomic mass is 16.3. The van der Waals surface area contributed by atoms with Crippen molar-refractivity contribution in [2.75, 3.05) is 5.73 Å². The van der Waals surface area contributed by atoms with E-state index in [4.69, 9.17) is 10.2 Å².